The van der Waals surface area contributed by atoms with E-state index < -0.39 is 17.2 Å². The van der Waals surface area contributed by atoms with Crippen molar-refractivity contribution < 1.29 is 14.3 Å². The van der Waals surface area contributed by atoms with Crippen LogP contribution in [0.2, 0.25) is 0 Å². The molecule has 2 amide bonds. The van der Waals surface area contributed by atoms with Crippen LogP contribution in [0.25, 0.3) is 22.0 Å². The van der Waals surface area contributed by atoms with Crippen LogP contribution in [0.3, 0.4) is 0 Å². The smallest absolute Gasteiger partial charge is 0.233 e. The third-order valence-corrected chi connectivity index (χ3v) is 6.26. The van der Waals surface area contributed by atoms with Crippen LogP contribution in [0.4, 0.5) is 0 Å². The Morgan fingerprint density at radius 2 is 1.73 bits per heavy atom. The highest BCUT2D eigenvalue weighted by molar-refractivity contribution is 6.08. The van der Waals surface area contributed by atoms with E-state index >= 15 is 0 Å². The van der Waals surface area contributed by atoms with Gasteiger partial charge in [0.05, 0.1) is 5.52 Å². The van der Waals surface area contributed by atoms with Crippen molar-refractivity contribution in [3.8, 4) is 22.6 Å². The van der Waals surface area contributed by atoms with Crippen LogP contribution in [0.1, 0.15) is 23.5 Å². The third-order valence-electron chi connectivity index (χ3n) is 6.26. The molecule has 1 unspecified atom stereocenters. The van der Waals surface area contributed by atoms with Crippen LogP contribution < -0.4 is 16.2 Å². The molecular formula is C26H22N4O3. The summed E-state index contributed by atoms with van der Waals surface area (Å²) < 4.78 is 6.12. The summed E-state index contributed by atoms with van der Waals surface area (Å²) in [5.41, 5.74) is 14.4. The standard InChI is InChI=1S/C26H22N4O3/c1-15-10-18(14-29-13-15)17-4-7-20-22(11-17)30-9-8-23(20)33-19-5-2-16(3-6-19)21-12-26(21,24(27)31)25(28)32/h2-11,13-14,21H,12H2,1H3,(H2,27,31)(H2,28,32). The lowest BCUT2D eigenvalue weighted by Crippen LogP contribution is -2.38. The number of rotatable bonds is 6. The number of hydrogen-bond donors (Lipinski definition) is 2. The number of ether oxygens (including phenoxy) is 1. The van der Waals surface area contributed by atoms with E-state index in [-0.39, 0.29) is 5.92 Å². The molecule has 5 rings (SSSR count). The van der Waals surface area contributed by atoms with E-state index in [0.29, 0.717) is 17.9 Å². The Bertz CT molecular complexity index is 1380. The van der Waals surface area contributed by atoms with Gasteiger partial charge in [-0.05, 0) is 66.4 Å². The summed E-state index contributed by atoms with van der Waals surface area (Å²) in [5.74, 6) is -0.342. The highest BCUT2D eigenvalue weighted by Gasteiger charge is 2.64. The zero-order valence-electron chi connectivity index (χ0n) is 18.0. The third kappa shape index (κ3) is 3.57. The van der Waals surface area contributed by atoms with Crippen LogP contribution in [0.5, 0.6) is 11.5 Å². The summed E-state index contributed by atoms with van der Waals surface area (Å²) in [4.78, 5) is 32.3. The van der Waals surface area contributed by atoms with Crippen molar-refractivity contribution in [2.24, 2.45) is 16.9 Å². The SMILES string of the molecule is Cc1cncc(-c2ccc3c(Oc4ccc(C5CC5(C(N)=O)C(N)=O)cc4)ccnc3c2)c1. The Kier molecular flexibility index (Phi) is 4.82. The van der Waals surface area contributed by atoms with Gasteiger partial charge >= 0.3 is 0 Å². The number of amides is 2. The Morgan fingerprint density at radius 3 is 2.39 bits per heavy atom. The first kappa shape index (κ1) is 20.6. The van der Waals surface area contributed by atoms with Gasteiger partial charge in [-0.3, -0.25) is 19.6 Å². The number of pyridine rings is 2. The molecule has 33 heavy (non-hydrogen) atoms. The first-order chi connectivity index (χ1) is 15.9. The minimum atomic E-state index is -1.28. The largest absolute Gasteiger partial charge is 0.457 e. The number of aromatic nitrogens is 2. The van der Waals surface area contributed by atoms with E-state index in [1.54, 1.807) is 18.3 Å². The average molecular weight is 438 g/mol. The van der Waals surface area contributed by atoms with Gasteiger partial charge in [0.2, 0.25) is 11.8 Å². The van der Waals surface area contributed by atoms with Crippen molar-refractivity contribution in [1.29, 1.82) is 0 Å². The number of carbonyl (C=O) groups excluding carboxylic acids is 2. The molecule has 0 bridgehead atoms. The summed E-state index contributed by atoms with van der Waals surface area (Å²) in [7, 11) is 0. The lowest BCUT2D eigenvalue weighted by atomic mass is 9.97. The first-order valence-corrected chi connectivity index (χ1v) is 10.6. The van der Waals surface area contributed by atoms with Crippen LogP contribution in [-0.2, 0) is 9.59 Å². The molecule has 4 aromatic rings. The van der Waals surface area contributed by atoms with Gasteiger partial charge in [-0.2, -0.15) is 0 Å². The molecule has 7 nitrogen and oxygen atoms in total. The second-order valence-electron chi connectivity index (χ2n) is 8.42. The van der Waals surface area contributed by atoms with Crippen molar-refractivity contribution in [3.63, 3.8) is 0 Å². The van der Waals surface area contributed by atoms with Gasteiger partial charge in [0.25, 0.3) is 0 Å². The average Bonchev–Trinajstić information content (AvgIpc) is 3.57. The molecule has 1 saturated carbocycles. The molecule has 7 heteroatoms. The molecule has 1 fully saturated rings. The van der Waals surface area contributed by atoms with Crippen LogP contribution in [0.15, 0.2) is 73.2 Å². The Balaban J connectivity index is 1.39. The lowest BCUT2D eigenvalue weighted by molar-refractivity contribution is -0.133. The molecule has 2 aromatic carbocycles. The van der Waals surface area contributed by atoms with Gasteiger partial charge in [-0.25, -0.2) is 0 Å². The summed E-state index contributed by atoms with van der Waals surface area (Å²) in [5, 5.41) is 0.884. The van der Waals surface area contributed by atoms with Gasteiger partial charge in [-0.1, -0.05) is 18.2 Å². The van der Waals surface area contributed by atoms with E-state index in [4.69, 9.17) is 16.2 Å². The van der Waals surface area contributed by atoms with Crippen molar-refractivity contribution in [3.05, 3.63) is 84.3 Å². The molecular weight excluding hydrogens is 416 g/mol. The number of primary amides is 2. The molecule has 0 radical (unpaired) electrons. The molecule has 4 N–H and O–H groups in total. The second-order valence-corrected chi connectivity index (χ2v) is 8.42. The number of hydrogen-bond acceptors (Lipinski definition) is 5. The quantitative estimate of drug-likeness (QED) is 0.443. The minimum absolute atomic E-state index is 0.294. The zero-order valence-corrected chi connectivity index (χ0v) is 18.0. The molecule has 2 heterocycles. The second kappa shape index (κ2) is 7.70. The van der Waals surface area contributed by atoms with E-state index in [1.165, 1.54) is 0 Å². The van der Waals surface area contributed by atoms with Gasteiger partial charge in [0.15, 0.2) is 0 Å². The summed E-state index contributed by atoms with van der Waals surface area (Å²) in [6.45, 7) is 2.01. The van der Waals surface area contributed by atoms with E-state index in [0.717, 1.165) is 33.2 Å². The van der Waals surface area contributed by atoms with Crippen molar-refractivity contribution in [2.45, 2.75) is 19.3 Å². The fourth-order valence-electron chi connectivity index (χ4n) is 4.33. The molecule has 1 atom stereocenters. The van der Waals surface area contributed by atoms with Crippen molar-refractivity contribution in [2.75, 3.05) is 0 Å². The maximum absolute atomic E-state index is 11.8. The first-order valence-electron chi connectivity index (χ1n) is 10.6. The van der Waals surface area contributed by atoms with Gasteiger partial charge < -0.3 is 16.2 Å². The number of benzene rings is 2. The van der Waals surface area contributed by atoms with E-state index in [2.05, 4.69) is 16.0 Å². The summed E-state index contributed by atoms with van der Waals surface area (Å²) in [6, 6.07) is 17.2. The predicted molar refractivity (Wildman–Crippen MR) is 124 cm³/mol. The summed E-state index contributed by atoms with van der Waals surface area (Å²) >= 11 is 0. The lowest BCUT2D eigenvalue weighted by Gasteiger charge is -2.12. The van der Waals surface area contributed by atoms with E-state index in [9.17, 15) is 9.59 Å². The monoisotopic (exact) mass is 438 g/mol. The molecule has 164 valence electrons. The van der Waals surface area contributed by atoms with Crippen molar-refractivity contribution in [1.82, 2.24) is 9.97 Å². The minimum Gasteiger partial charge on any atom is -0.457 e. The van der Waals surface area contributed by atoms with Gasteiger partial charge in [-0.15, -0.1) is 0 Å². The maximum atomic E-state index is 11.8. The topological polar surface area (TPSA) is 121 Å². The van der Waals surface area contributed by atoms with E-state index in [1.807, 2.05) is 55.7 Å². The Labute approximate surface area is 190 Å². The van der Waals surface area contributed by atoms with Gasteiger partial charge in [0.1, 0.15) is 16.9 Å². The molecule has 0 aliphatic heterocycles. The van der Waals surface area contributed by atoms with Gasteiger partial charge in [0, 0.05) is 35.5 Å². The number of aryl methyl sites for hydroxylation is 1. The number of nitrogens with two attached hydrogens (primary N) is 2. The molecule has 0 spiro atoms. The molecule has 1 aliphatic rings. The normalized spacial score (nSPS) is 16.3. The van der Waals surface area contributed by atoms with Crippen LogP contribution >= 0.6 is 0 Å². The fourth-order valence-corrected chi connectivity index (χ4v) is 4.33. The van der Waals surface area contributed by atoms with Crippen molar-refractivity contribution >= 4 is 22.7 Å². The Hall–Kier alpha value is -4.26. The number of nitrogens with zero attached hydrogens (tertiary/aromatic N) is 2. The number of fused-ring (bicyclic) bond motifs is 1. The predicted octanol–water partition coefficient (Wildman–Crippen LogP) is 3.84. The fraction of sp³-hybridized carbons (Fsp3) is 0.154. The summed E-state index contributed by atoms with van der Waals surface area (Å²) in [6.07, 6.45) is 5.71. The molecule has 1 aliphatic carbocycles. The van der Waals surface area contributed by atoms with Crippen LogP contribution in [-0.4, -0.2) is 21.8 Å². The highest BCUT2D eigenvalue weighted by Crippen LogP contribution is 2.59. The molecule has 2 aromatic heterocycles. The molecule has 0 saturated heterocycles. The maximum Gasteiger partial charge on any atom is 0.233 e. The van der Waals surface area contributed by atoms with Crippen LogP contribution in [0, 0.1) is 12.3 Å². The Morgan fingerprint density at radius 1 is 0.970 bits per heavy atom. The highest BCUT2D eigenvalue weighted by atomic mass is 16.5. The zero-order chi connectivity index (χ0) is 23.2. The number of carbonyl (C=O) groups is 2.